The van der Waals surface area contributed by atoms with E-state index in [1.165, 1.54) is 23.1 Å². The van der Waals surface area contributed by atoms with Crippen LogP contribution in [-0.4, -0.2) is 49.5 Å². The molecule has 2 heterocycles. The highest BCUT2D eigenvalue weighted by Gasteiger charge is 2.17. The van der Waals surface area contributed by atoms with E-state index in [1.54, 1.807) is 0 Å². The second-order valence-corrected chi connectivity index (χ2v) is 8.25. The third-order valence-corrected chi connectivity index (χ3v) is 6.14. The molecule has 1 aromatic heterocycles. The van der Waals surface area contributed by atoms with Crippen LogP contribution < -0.4 is 20.3 Å². The number of hydrogen-bond acceptors (Lipinski definition) is 7. The van der Waals surface area contributed by atoms with E-state index in [2.05, 4.69) is 15.1 Å². The maximum absolute atomic E-state index is 13.7. The molecule has 0 saturated carbocycles. The van der Waals surface area contributed by atoms with Crippen molar-refractivity contribution < 1.29 is 18.7 Å². The largest absolute Gasteiger partial charge is 0.489 e. The third-order valence-electron chi connectivity index (χ3n) is 5.38. The van der Waals surface area contributed by atoms with E-state index in [0.29, 0.717) is 35.9 Å². The summed E-state index contributed by atoms with van der Waals surface area (Å²) in [6.07, 6.45) is 0.882. The maximum Gasteiger partial charge on any atom is 0.219 e. The molecule has 0 atom stereocenters. The fraction of sp³-hybridized carbons (Fsp3) is 0.261. The first-order valence-electron chi connectivity index (χ1n) is 10.5. The Morgan fingerprint density at radius 1 is 1.15 bits per heavy atom. The van der Waals surface area contributed by atoms with Gasteiger partial charge in [0.25, 0.3) is 0 Å². The van der Waals surface area contributed by atoms with Gasteiger partial charge in [0, 0.05) is 36.3 Å². The van der Waals surface area contributed by atoms with E-state index < -0.39 is 5.82 Å². The monoisotopic (exact) mass is 505 g/mol. The molecule has 34 heavy (non-hydrogen) atoms. The van der Waals surface area contributed by atoms with Crippen LogP contribution in [0.5, 0.6) is 5.75 Å². The Kier molecular flexibility index (Phi) is 7.66. The minimum absolute atomic E-state index is 0.0497. The summed E-state index contributed by atoms with van der Waals surface area (Å²) in [5.41, 5.74) is 7.98. The molecule has 0 unspecified atom stereocenters. The van der Waals surface area contributed by atoms with Gasteiger partial charge in [-0.3, -0.25) is 9.69 Å². The van der Waals surface area contributed by atoms with Crippen LogP contribution in [0.25, 0.3) is 0 Å². The molecular formula is C23H22Cl2FN5O3. The van der Waals surface area contributed by atoms with E-state index in [4.69, 9.17) is 38.4 Å². The zero-order chi connectivity index (χ0) is 24.1. The first-order chi connectivity index (χ1) is 16.5. The van der Waals surface area contributed by atoms with Crippen LogP contribution in [0.4, 0.5) is 27.4 Å². The van der Waals surface area contributed by atoms with Gasteiger partial charge in [-0.2, -0.15) is 0 Å². The highest BCUT2D eigenvalue weighted by molar-refractivity contribution is 6.36. The van der Waals surface area contributed by atoms with Crippen LogP contribution in [0, 0.1) is 5.82 Å². The fourth-order valence-corrected chi connectivity index (χ4v) is 4.12. The molecule has 1 saturated heterocycles. The summed E-state index contributed by atoms with van der Waals surface area (Å²) in [5.74, 6) is -0.0472. The van der Waals surface area contributed by atoms with Crippen LogP contribution in [0.15, 0.2) is 42.5 Å². The summed E-state index contributed by atoms with van der Waals surface area (Å²) < 4.78 is 24.8. The molecule has 4 rings (SSSR count). The van der Waals surface area contributed by atoms with Gasteiger partial charge in [-0.15, -0.1) is 10.2 Å². The summed E-state index contributed by atoms with van der Waals surface area (Å²) in [7, 11) is 0. The highest BCUT2D eigenvalue weighted by atomic mass is 35.5. The van der Waals surface area contributed by atoms with Crippen molar-refractivity contribution in [3.63, 3.8) is 0 Å². The molecule has 1 amide bonds. The second kappa shape index (κ2) is 10.9. The van der Waals surface area contributed by atoms with Crippen LogP contribution in [0.1, 0.15) is 5.56 Å². The van der Waals surface area contributed by atoms with E-state index in [9.17, 15) is 9.18 Å². The van der Waals surface area contributed by atoms with Gasteiger partial charge in [0.05, 0.1) is 30.5 Å². The standard InChI is InChI=1S/C23H22Cl2FN5O3/c24-18-5-6-19(26)22(25)17(18)7-10-34-20-13-21(28-29-23(20)27)31(14-32)16-3-1-15(2-4-16)30-8-11-33-12-9-30/h1-6,13-14H,7-12H2,(H2,27,29). The molecular weight excluding hydrogens is 484 g/mol. The Morgan fingerprint density at radius 3 is 2.59 bits per heavy atom. The predicted molar refractivity (Wildman–Crippen MR) is 130 cm³/mol. The summed E-state index contributed by atoms with van der Waals surface area (Å²) in [4.78, 5) is 15.4. The lowest BCUT2D eigenvalue weighted by atomic mass is 10.1. The molecule has 8 nitrogen and oxygen atoms in total. The number of benzene rings is 2. The van der Waals surface area contributed by atoms with Gasteiger partial charge in [-0.25, -0.2) is 4.39 Å². The number of hydrogen-bond donors (Lipinski definition) is 1. The lowest BCUT2D eigenvalue weighted by Gasteiger charge is -2.29. The number of carbonyl (C=O) groups excluding carboxylic acids is 1. The Morgan fingerprint density at radius 2 is 1.88 bits per heavy atom. The van der Waals surface area contributed by atoms with Crippen LogP contribution in [0.3, 0.4) is 0 Å². The quantitative estimate of drug-likeness (QED) is 0.361. The minimum atomic E-state index is -0.560. The molecule has 1 aliphatic heterocycles. The van der Waals surface area contributed by atoms with Gasteiger partial charge >= 0.3 is 0 Å². The van der Waals surface area contributed by atoms with E-state index in [-0.39, 0.29) is 35.4 Å². The summed E-state index contributed by atoms with van der Waals surface area (Å²) in [6.45, 7) is 3.10. The number of anilines is 4. The van der Waals surface area contributed by atoms with Crippen molar-refractivity contribution in [3.8, 4) is 5.75 Å². The first-order valence-corrected chi connectivity index (χ1v) is 11.3. The molecule has 0 bridgehead atoms. The van der Waals surface area contributed by atoms with E-state index in [0.717, 1.165) is 18.8 Å². The zero-order valence-corrected chi connectivity index (χ0v) is 19.6. The average molecular weight is 506 g/mol. The highest BCUT2D eigenvalue weighted by Crippen LogP contribution is 2.31. The summed E-state index contributed by atoms with van der Waals surface area (Å²) in [6, 6.07) is 11.7. The van der Waals surface area contributed by atoms with E-state index >= 15 is 0 Å². The molecule has 0 spiro atoms. The number of aromatic nitrogens is 2. The van der Waals surface area contributed by atoms with Gasteiger partial charge in [-0.05, 0) is 42.0 Å². The molecule has 11 heteroatoms. The third kappa shape index (κ3) is 5.32. The van der Waals surface area contributed by atoms with Gasteiger partial charge in [0.15, 0.2) is 17.4 Å². The van der Waals surface area contributed by atoms with Crippen molar-refractivity contribution in [3.05, 3.63) is 63.9 Å². The van der Waals surface area contributed by atoms with E-state index in [1.807, 2.05) is 24.3 Å². The molecule has 178 valence electrons. The lowest BCUT2D eigenvalue weighted by Crippen LogP contribution is -2.36. The lowest BCUT2D eigenvalue weighted by molar-refractivity contribution is -0.106. The maximum atomic E-state index is 13.7. The van der Waals surface area contributed by atoms with Crippen molar-refractivity contribution in [2.45, 2.75) is 6.42 Å². The van der Waals surface area contributed by atoms with Crippen LogP contribution in [0.2, 0.25) is 10.0 Å². The Balaban J connectivity index is 1.48. The van der Waals surface area contributed by atoms with Gasteiger partial charge < -0.3 is 20.1 Å². The molecule has 1 aliphatic rings. The van der Waals surface area contributed by atoms with Gasteiger partial charge in [0.2, 0.25) is 6.41 Å². The Labute approximate surface area is 206 Å². The smallest absolute Gasteiger partial charge is 0.219 e. The molecule has 2 aromatic carbocycles. The zero-order valence-electron chi connectivity index (χ0n) is 18.1. The first kappa shape index (κ1) is 24.0. The number of nitrogens with zero attached hydrogens (tertiary/aromatic N) is 4. The molecule has 3 aromatic rings. The number of morpholine rings is 1. The normalized spacial score (nSPS) is 13.6. The van der Waals surface area contributed by atoms with Gasteiger partial charge in [0.1, 0.15) is 5.82 Å². The molecule has 0 radical (unpaired) electrons. The number of nitrogens with two attached hydrogens (primary N) is 1. The summed E-state index contributed by atoms with van der Waals surface area (Å²) in [5, 5.41) is 8.22. The number of nitrogen functional groups attached to an aromatic ring is 1. The molecule has 1 fully saturated rings. The number of carbonyl (C=O) groups is 1. The number of rotatable bonds is 8. The number of amides is 1. The van der Waals surface area contributed by atoms with Crippen molar-refractivity contribution >= 4 is 52.6 Å². The second-order valence-electron chi connectivity index (χ2n) is 7.46. The fourth-order valence-electron chi connectivity index (χ4n) is 3.56. The van der Waals surface area contributed by atoms with Crippen molar-refractivity contribution in [2.75, 3.05) is 48.4 Å². The molecule has 2 N–H and O–H groups in total. The average Bonchev–Trinajstić information content (AvgIpc) is 2.86. The Bertz CT molecular complexity index is 1160. The van der Waals surface area contributed by atoms with Gasteiger partial charge in [-0.1, -0.05) is 23.2 Å². The van der Waals surface area contributed by atoms with Crippen LogP contribution >= 0.6 is 23.2 Å². The van der Waals surface area contributed by atoms with Crippen LogP contribution in [-0.2, 0) is 16.0 Å². The topological polar surface area (TPSA) is 93.8 Å². The SMILES string of the molecule is Nc1nnc(N(C=O)c2ccc(N3CCOCC3)cc2)cc1OCCc1c(Cl)ccc(F)c1Cl. The van der Waals surface area contributed by atoms with Crippen molar-refractivity contribution in [1.29, 1.82) is 0 Å². The van der Waals surface area contributed by atoms with Crippen molar-refractivity contribution in [1.82, 2.24) is 10.2 Å². The Hall–Kier alpha value is -3.14. The predicted octanol–water partition coefficient (Wildman–Crippen LogP) is 4.26. The minimum Gasteiger partial charge on any atom is -0.489 e. The van der Waals surface area contributed by atoms with Crippen molar-refractivity contribution in [2.24, 2.45) is 0 Å². The number of ether oxygens (including phenoxy) is 2. The number of halogens is 3. The summed E-state index contributed by atoms with van der Waals surface area (Å²) >= 11 is 12.1. The molecule has 0 aliphatic carbocycles.